The Labute approximate surface area is 124 Å². The summed E-state index contributed by atoms with van der Waals surface area (Å²) < 4.78 is 0. The molecule has 0 fully saturated rings. The highest BCUT2D eigenvalue weighted by Gasteiger charge is 2.20. The molecular formula is C15H22N2O4. The number of carbonyl (C=O) groups is 2. The molecule has 0 aromatic heterocycles. The Morgan fingerprint density at radius 1 is 1.19 bits per heavy atom. The maximum atomic E-state index is 11.8. The number of amides is 1. The summed E-state index contributed by atoms with van der Waals surface area (Å²) in [6, 6.07) is 6.44. The predicted molar refractivity (Wildman–Crippen MR) is 80.3 cm³/mol. The van der Waals surface area contributed by atoms with Crippen molar-refractivity contribution in [1.29, 1.82) is 0 Å². The van der Waals surface area contributed by atoms with Gasteiger partial charge in [0.05, 0.1) is 13.0 Å². The molecule has 0 spiro atoms. The highest BCUT2D eigenvalue weighted by Crippen LogP contribution is 2.17. The van der Waals surface area contributed by atoms with Crippen LogP contribution in [0.4, 0.5) is 5.69 Å². The van der Waals surface area contributed by atoms with Gasteiger partial charge in [0.25, 0.3) is 0 Å². The Morgan fingerprint density at radius 3 is 2.29 bits per heavy atom. The third-order valence-corrected chi connectivity index (χ3v) is 3.05. The molecule has 1 aromatic rings. The highest BCUT2D eigenvalue weighted by molar-refractivity contribution is 5.94. The Bertz CT molecular complexity index is 471. The normalized spacial score (nSPS) is 12.2. The van der Waals surface area contributed by atoms with Gasteiger partial charge in [-0.15, -0.1) is 0 Å². The van der Waals surface area contributed by atoms with Crippen LogP contribution in [0.25, 0.3) is 0 Å². The maximum absolute atomic E-state index is 11.8. The van der Waals surface area contributed by atoms with Gasteiger partial charge in [-0.3, -0.25) is 9.59 Å². The van der Waals surface area contributed by atoms with Gasteiger partial charge in [-0.2, -0.15) is 0 Å². The first-order valence-electron chi connectivity index (χ1n) is 6.91. The molecule has 0 aliphatic rings. The van der Waals surface area contributed by atoms with E-state index in [1.54, 1.807) is 12.1 Å². The number of rotatable bonds is 8. The third-order valence-electron chi connectivity index (χ3n) is 3.05. The molecule has 1 amide bonds. The number of hydrogen-bond acceptors (Lipinski definition) is 4. The molecule has 0 heterocycles. The quantitative estimate of drug-likeness (QED) is 0.577. The van der Waals surface area contributed by atoms with Crippen molar-refractivity contribution in [1.82, 2.24) is 5.32 Å². The minimum atomic E-state index is -1.12. The van der Waals surface area contributed by atoms with Crippen LogP contribution in [0.1, 0.15) is 31.7 Å². The summed E-state index contributed by atoms with van der Waals surface area (Å²) in [6.45, 7) is 4.12. The number of anilines is 1. The molecule has 21 heavy (non-hydrogen) atoms. The summed E-state index contributed by atoms with van der Waals surface area (Å²) in [6.07, 6.45) is -0.193. The molecule has 6 heteroatoms. The van der Waals surface area contributed by atoms with E-state index in [-0.39, 0.29) is 25.5 Å². The molecule has 6 nitrogen and oxygen atoms in total. The standard InChI is InChI=1S/C15H22N2O4/c1-10(2)11-3-5-12(6-4-11)17-14(19)9-13(15(20)21)16-7-8-18/h3-6,10,13,16,18H,7-9H2,1-2H3,(H,17,19)(H,20,21). The molecule has 0 radical (unpaired) electrons. The van der Waals surface area contributed by atoms with Gasteiger partial charge in [0.2, 0.25) is 5.91 Å². The van der Waals surface area contributed by atoms with E-state index in [2.05, 4.69) is 24.5 Å². The van der Waals surface area contributed by atoms with Crippen LogP contribution in [-0.2, 0) is 9.59 Å². The van der Waals surface area contributed by atoms with Crippen LogP contribution in [-0.4, -0.2) is 41.3 Å². The second-order valence-corrected chi connectivity index (χ2v) is 5.10. The number of nitrogens with one attached hydrogen (secondary N) is 2. The van der Waals surface area contributed by atoms with Gasteiger partial charge in [-0.25, -0.2) is 0 Å². The Balaban J connectivity index is 2.57. The zero-order chi connectivity index (χ0) is 15.8. The van der Waals surface area contributed by atoms with Crippen molar-refractivity contribution in [2.45, 2.75) is 32.2 Å². The number of benzene rings is 1. The fourth-order valence-electron chi connectivity index (χ4n) is 1.83. The molecule has 116 valence electrons. The maximum Gasteiger partial charge on any atom is 0.321 e. The SMILES string of the molecule is CC(C)c1ccc(NC(=O)CC(NCCO)C(=O)O)cc1. The molecule has 1 atom stereocenters. The zero-order valence-corrected chi connectivity index (χ0v) is 12.3. The number of hydrogen-bond donors (Lipinski definition) is 4. The van der Waals surface area contributed by atoms with E-state index in [4.69, 9.17) is 10.2 Å². The number of aliphatic hydroxyl groups excluding tert-OH is 1. The molecule has 1 aromatic carbocycles. The molecular weight excluding hydrogens is 272 g/mol. The van der Waals surface area contributed by atoms with Crippen LogP contribution in [0.3, 0.4) is 0 Å². The van der Waals surface area contributed by atoms with Crippen molar-refractivity contribution in [3.8, 4) is 0 Å². The lowest BCUT2D eigenvalue weighted by atomic mass is 10.0. The van der Waals surface area contributed by atoms with E-state index in [0.29, 0.717) is 11.6 Å². The lowest BCUT2D eigenvalue weighted by molar-refractivity contribution is -0.141. The average Bonchev–Trinajstić information content (AvgIpc) is 2.43. The Morgan fingerprint density at radius 2 is 1.81 bits per heavy atom. The molecule has 0 bridgehead atoms. The molecule has 4 N–H and O–H groups in total. The van der Waals surface area contributed by atoms with Gasteiger partial charge in [0, 0.05) is 12.2 Å². The van der Waals surface area contributed by atoms with E-state index in [1.807, 2.05) is 12.1 Å². The van der Waals surface area contributed by atoms with Gasteiger partial charge in [-0.1, -0.05) is 26.0 Å². The number of aliphatic hydroxyl groups is 1. The van der Waals surface area contributed by atoms with E-state index in [1.165, 1.54) is 5.56 Å². The smallest absolute Gasteiger partial charge is 0.321 e. The molecule has 0 aliphatic heterocycles. The van der Waals surface area contributed by atoms with Gasteiger partial charge in [0.15, 0.2) is 0 Å². The van der Waals surface area contributed by atoms with Gasteiger partial charge in [-0.05, 0) is 23.6 Å². The van der Waals surface area contributed by atoms with Crippen molar-refractivity contribution < 1.29 is 19.8 Å². The fraction of sp³-hybridized carbons (Fsp3) is 0.467. The molecule has 1 unspecified atom stereocenters. The number of carbonyl (C=O) groups excluding carboxylic acids is 1. The monoisotopic (exact) mass is 294 g/mol. The number of aliphatic carboxylic acids is 1. The van der Waals surface area contributed by atoms with Crippen LogP contribution >= 0.6 is 0 Å². The number of carboxylic acids is 1. The van der Waals surface area contributed by atoms with E-state index >= 15 is 0 Å². The van der Waals surface area contributed by atoms with E-state index < -0.39 is 12.0 Å². The van der Waals surface area contributed by atoms with E-state index in [9.17, 15) is 9.59 Å². The predicted octanol–water partition coefficient (Wildman–Crippen LogP) is 1.17. The molecule has 0 aliphatic carbocycles. The fourth-order valence-corrected chi connectivity index (χ4v) is 1.83. The molecule has 0 saturated heterocycles. The minimum Gasteiger partial charge on any atom is -0.480 e. The molecule has 1 rings (SSSR count). The summed E-state index contributed by atoms with van der Waals surface area (Å²) in [5, 5.41) is 22.9. The number of carboxylic acid groups (broad SMARTS) is 1. The summed E-state index contributed by atoms with van der Waals surface area (Å²) in [5.74, 6) is -1.09. The van der Waals surface area contributed by atoms with Crippen molar-refractivity contribution >= 4 is 17.6 Å². The average molecular weight is 294 g/mol. The van der Waals surface area contributed by atoms with Crippen LogP contribution in [0, 0.1) is 0 Å². The van der Waals surface area contributed by atoms with Crippen LogP contribution in [0.5, 0.6) is 0 Å². The second-order valence-electron chi connectivity index (χ2n) is 5.10. The first-order valence-corrected chi connectivity index (χ1v) is 6.91. The zero-order valence-electron chi connectivity index (χ0n) is 12.3. The molecule has 0 saturated carbocycles. The Kier molecular flexibility index (Phi) is 6.84. The van der Waals surface area contributed by atoms with Gasteiger partial charge >= 0.3 is 5.97 Å². The topological polar surface area (TPSA) is 98.7 Å². The van der Waals surface area contributed by atoms with Crippen LogP contribution in [0.15, 0.2) is 24.3 Å². The lowest BCUT2D eigenvalue weighted by Crippen LogP contribution is -2.41. The Hall–Kier alpha value is -1.92. The van der Waals surface area contributed by atoms with Crippen LogP contribution < -0.4 is 10.6 Å². The van der Waals surface area contributed by atoms with Crippen LogP contribution in [0.2, 0.25) is 0 Å². The highest BCUT2D eigenvalue weighted by atomic mass is 16.4. The van der Waals surface area contributed by atoms with Gasteiger partial charge in [0.1, 0.15) is 6.04 Å². The van der Waals surface area contributed by atoms with Crippen molar-refractivity contribution in [2.24, 2.45) is 0 Å². The summed E-state index contributed by atoms with van der Waals surface area (Å²) in [4.78, 5) is 22.8. The third kappa shape index (κ3) is 5.93. The van der Waals surface area contributed by atoms with Crippen molar-refractivity contribution in [3.05, 3.63) is 29.8 Å². The summed E-state index contributed by atoms with van der Waals surface area (Å²) in [7, 11) is 0. The minimum absolute atomic E-state index is 0.132. The first kappa shape index (κ1) is 17.1. The first-order chi connectivity index (χ1) is 9.93. The van der Waals surface area contributed by atoms with Crippen molar-refractivity contribution in [3.63, 3.8) is 0 Å². The largest absolute Gasteiger partial charge is 0.480 e. The lowest BCUT2D eigenvalue weighted by Gasteiger charge is -2.14. The van der Waals surface area contributed by atoms with Crippen molar-refractivity contribution in [2.75, 3.05) is 18.5 Å². The second kappa shape index (κ2) is 8.39. The summed E-state index contributed by atoms with van der Waals surface area (Å²) in [5.41, 5.74) is 1.80. The van der Waals surface area contributed by atoms with Gasteiger partial charge < -0.3 is 20.8 Å². The van der Waals surface area contributed by atoms with E-state index in [0.717, 1.165) is 0 Å². The summed E-state index contributed by atoms with van der Waals surface area (Å²) >= 11 is 0.